The Balaban J connectivity index is 1.79. The number of ether oxygens (including phenoxy) is 2. The average molecular weight is 391 g/mol. The molecule has 1 heterocycles. The minimum absolute atomic E-state index is 0.362. The highest BCUT2D eigenvalue weighted by Gasteiger charge is 2.27. The second-order valence-corrected chi connectivity index (χ2v) is 8.11. The second kappa shape index (κ2) is 7.85. The summed E-state index contributed by atoms with van der Waals surface area (Å²) in [6.45, 7) is 0.555. The summed E-state index contributed by atoms with van der Waals surface area (Å²) in [6, 6.07) is 13.5. The van der Waals surface area contributed by atoms with Crippen molar-refractivity contribution in [2.75, 3.05) is 43.5 Å². The van der Waals surface area contributed by atoms with Gasteiger partial charge < -0.3 is 14.8 Å². The van der Waals surface area contributed by atoms with Crippen molar-refractivity contribution < 1.29 is 22.7 Å². The van der Waals surface area contributed by atoms with Crippen molar-refractivity contribution in [1.82, 2.24) is 4.31 Å². The van der Waals surface area contributed by atoms with Gasteiger partial charge in [-0.3, -0.25) is 4.79 Å². The molecule has 0 saturated carbocycles. The van der Waals surface area contributed by atoms with Gasteiger partial charge in [0.05, 0.1) is 5.69 Å². The molecule has 2 aromatic rings. The summed E-state index contributed by atoms with van der Waals surface area (Å²) in [4.78, 5) is 12.5. The number of carbonyl (C=O) groups excluding carboxylic acids is 1. The number of anilines is 2. The van der Waals surface area contributed by atoms with Gasteiger partial charge in [-0.1, -0.05) is 18.2 Å². The topological polar surface area (TPSA) is 88.2 Å². The number of hydrogen-bond donors (Lipinski definition) is 1. The standard InChI is InChI=1S/C18H21N3O5S/c1-20(2)27(23,24)21(15-6-4-3-5-7-15)13-18(22)19-14-8-9-16-17(12-14)26-11-10-25-16/h3-9,12H,10-11,13H2,1-2H3,(H,19,22). The van der Waals surface area contributed by atoms with E-state index < -0.39 is 16.1 Å². The van der Waals surface area contributed by atoms with Crippen LogP contribution in [0.4, 0.5) is 11.4 Å². The summed E-state index contributed by atoms with van der Waals surface area (Å²) >= 11 is 0. The number of fused-ring (bicyclic) bond motifs is 1. The molecule has 0 aliphatic carbocycles. The molecule has 2 aromatic carbocycles. The Morgan fingerprint density at radius 2 is 1.70 bits per heavy atom. The van der Waals surface area contributed by atoms with Crippen LogP contribution in [0.25, 0.3) is 0 Å². The number of nitrogens with zero attached hydrogens (tertiary/aromatic N) is 2. The highest BCUT2D eigenvalue weighted by Crippen LogP contribution is 2.32. The van der Waals surface area contributed by atoms with E-state index in [4.69, 9.17) is 9.47 Å². The van der Waals surface area contributed by atoms with Gasteiger partial charge in [-0.15, -0.1) is 0 Å². The molecule has 8 nitrogen and oxygen atoms in total. The molecule has 9 heteroatoms. The van der Waals surface area contributed by atoms with Gasteiger partial charge in [0, 0.05) is 25.8 Å². The summed E-state index contributed by atoms with van der Waals surface area (Å²) in [5.74, 6) is 0.682. The van der Waals surface area contributed by atoms with Crippen LogP contribution < -0.4 is 19.1 Å². The van der Waals surface area contributed by atoms with Crippen LogP contribution >= 0.6 is 0 Å². The number of para-hydroxylation sites is 1. The number of rotatable bonds is 6. The Morgan fingerprint density at radius 3 is 2.37 bits per heavy atom. The van der Waals surface area contributed by atoms with E-state index in [1.807, 2.05) is 0 Å². The van der Waals surface area contributed by atoms with Gasteiger partial charge in [0.25, 0.3) is 0 Å². The van der Waals surface area contributed by atoms with Crippen LogP contribution in [0.2, 0.25) is 0 Å². The molecule has 0 spiro atoms. The van der Waals surface area contributed by atoms with E-state index in [1.165, 1.54) is 14.1 Å². The summed E-state index contributed by atoms with van der Waals surface area (Å²) in [5, 5.41) is 2.70. The number of carbonyl (C=O) groups is 1. The van der Waals surface area contributed by atoms with E-state index in [-0.39, 0.29) is 6.54 Å². The van der Waals surface area contributed by atoms with Gasteiger partial charge in [-0.05, 0) is 24.3 Å². The fourth-order valence-corrected chi connectivity index (χ4v) is 3.61. The average Bonchev–Trinajstić information content (AvgIpc) is 2.66. The van der Waals surface area contributed by atoms with Crippen LogP contribution in [0.5, 0.6) is 11.5 Å². The molecule has 0 fully saturated rings. The first-order chi connectivity index (χ1) is 12.9. The van der Waals surface area contributed by atoms with E-state index in [1.54, 1.807) is 48.5 Å². The second-order valence-electron chi connectivity index (χ2n) is 6.04. The molecular weight excluding hydrogens is 370 g/mol. The molecule has 0 bridgehead atoms. The number of amides is 1. The van der Waals surface area contributed by atoms with Crippen LogP contribution in [0, 0.1) is 0 Å². The number of nitrogens with one attached hydrogen (secondary N) is 1. The number of benzene rings is 2. The minimum atomic E-state index is -3.83. The Kier molecular flexibility index (Phi) is 5.52. The lowest BCUT2D eigenvalue weighted by Crippen LogP contribution is -2.44. The molecule has 144 valence electrons. The van der Waals surface area contributed by atoms with Crippen molar-refractivity contribution in [3.8, 4) is 11.5 Å². The summed E-state index contributed by atoms with van der Waals surface area (Å²) < 4.78 is 38.4. The molecule has 1 aliphatic heterocycles. The molecule has 0 unspecified atom stereocenters. The predicted molar refractivity (Wildman–Crippen MR) is 102 cm³/mol. The van der Waals surface area contributed by atoms with Gasteiger partial charge in [0.2, 0.25) is 5.91 Å². The summed E-state index contributed by atoms with van der Waals surface area (Å²) in [6.07, 6.45) is 0. The third-order valence-electron chi connectivity index (χ3n) is 3.90. The van der Waals surface area contributed by atoms with Crippen LogP contribution in [0.3, 0.4) is 0 Å². The van der Waals surface area contributed by atoms with E-state index in [0.717, 1.165) is 8.61 Å². The highest BCUT2D eigenvalue weighted by atomic mass is 32.2. The maximum atomic E-state index is 12.6. The van der Waals surface area contributed by atoms with Crippen LogP contribution in [-0.4, -0.2) is 52.5 Å². The first-order valence-electron chi connectivity index (χ1n) is 8.32. The third-order valence-corrected chi connectivity index (χ3v) is 5.72. The molecule has 1 N–H and O–H groups in total. The Labute approximate surface area is 158 Å². The molecule has 3 rings (SSSR count). The molecule has 0 radical (unpaired) electrons. The molecule has 27 heavy (non-hydrogen) atoms. The lowest BCUT2D eigenvalue weighted by molar-refractivity contribution is -0.114. The van der Waals surface area contributed by atoms with Gasteiger partial charge >= 0.3 is 10.2 Å². The van der Waals surface area contributed by atoms with Crippen molar-refractivity contribution in [1.29, 1.82) is 0 Å². The van der Waals surface area contributed by atoms with Crippen molar-refractivity contribution in [2.24, 2.45) is 0 Å². The third kappa shape index (κ3) is 4.32. The maximum absolute atomic E-state index is 12.6. The molecule has 1 aliphatic rings. The zero-order chi connectivity index (χ0) is 19.4. The van der Waals surface area contributed by atoms with Crippen molar-refractivity contribution in [3.63, 3.8) is 0 Å². The van der Waals surface area contributed by atoms with Gasteiger partial charge in [0.15, 0.2) is 11.5 Å². The van der Waals surface area contributed by atoms with Gasteiger partial charge in [0.1, 0.15) is 19.8 Å². The molecule has 0 aromatic heterocycles. The monoisotopic (exact) mass is 391 g/mol. The maximum Gasteiger partial charge on any atom is 0.304 e. The van der Waals surface area contributed by atoms with E-state index in [0.29, 0.717) is 36.1 Å². The van der Waals surface area contributed by atoms with Crippen molar-refractivity contribution in [2.45, 2.75) is 0 Å². The Hall–Kier alpha value is -2.78. The van der Waals surface area contributed by atoms with Crippen LogP contribution in [0.1, 0.15) is 0 Å². The largest absolute Gasteiger partial charge is 0.486 e. The fraction of sp³-hybridized carbons (Fsp3) is 0.278. The van der Waals surface area contributed by atoms with Crippen molar-refractivity contribution in [3.05, 3.63) is 48.5 Å². The summed E-state index contributed by atoms with van der Waals surface area (Å²) in [7, 11) is -0.991. The summed E-state index contributed by atoms with van der Waals surface area (Å²) in [5.41, 5.74) is 0.906. The predicted octanol–water partition coefficient (Wildman–Crippen LogP) is 1.71. The molecule has 1 amide bonds. The van der Waals surface area contributed by atoms with E-state index >= 15 is 0 Å². The highest BCUT2D eigenvalue weighted by molar-refractivity contribution is 7.90. The SMILES string of the molecule is CN(C)S(=O)(=O)N(CC(=O)Nc1ccc2c(c1)OCCO2)c1ccccc1. The van der Waals surface area contributed by atoms with E-state index in [9.17, 15) is 13.2 Å². The zero-order valence-electron chi connectivity index (χ0n) is 15.1. The van der Waals surface area contributed by atoms with Gasteiger partial charge in [-0.25, -0.2) is 4.31 Å². The lowest BCUT2D eigenvalue weighted by Gasteiger charge is -2.27. The van der Waals surface area contributed by atoms with Crippen LogP contribution in [-0.2, 0) is 15.0 Å². The number of hydrogen-bond acceptors (Lipinski definition) is 5. The molecular formula is C18H21N3O5S. The van der Waals surface area contributed by atoms with E-state index in [2.05, 4.69) is 5.32 Å². The fourth-order valence-electron chi connectivity index (χ4n) is 2.55. The molecule has 0 atom stereocenters. The first kappa shape index (κ1) is 19.0. The minimum Gasteiger partial charge on any atom is -0.486 e. The smallest absolute Gasteiger partial charge is 0.304 e. The van der Waals surface area contributed by atoms with Crippen LogP contribution in [0.15, 0.2) is 48.5 Å². The lowest BCUT2D eigenvalue weighted by atomic mass is 10.2. The van der Waals surface area contributed by atoms with Crippen molar-refractivity contribution >= 4 is 27.5 Å². The first-order valence-corrected chi connectivity index (χ1v) is 9.72. The Bertz CT molecular complexity index is 916. The van der Waals surface area contributed by atoms with Gasteiger partial charge in [-0.2, -0.15) is 12.7 Å². The zero-order valence-corrected chi connectivity index (χ0v) is 15.9. The normalized spacial score (nSPS) is 13.3. The quantitative estimate of drug-likeness (QED) is 0.810. The Morgan fingerprint density at radius 1 is 1.04 bits per heavy atom. The molecule has 0 saturated heterocycles.